The largest absolute Gasteiger partial charge is 0.366 e. The number of nitrogens with zero attached hydrogens (tertiary/aromatic N) is 2. The molecule has 0 aliphatic carbocycles. The smallest absolute Gasteiger partial charge is 0.250 e. The Morgan fingerprint density at radius 1 is 1.10 bits per heavy atom. The summed E-state index contributed by atoms with van der Waals surface area (Å²) >= 11 is 1.39. The van der Waals surface area contributed by atoms with E-state index in [0.29, 0.717) is 34.3 Å². The summed E-state index contributed by atoms with van der Waals surface area (Å²) in [6.07, 6.45) is 0. The SMILES string of the molecule is Cc1c(C(N)=O)cc(-c2csc(Nc3ccc(F)cc3)n2)n1Cc1ccc(F)cc1. The van der Waals surface area contributed by atoms with Crippen LogP contribution in [-0.2, 0) is 6.54 Å². The van der Waals surface area contributed by atoms with Gasteiger partial charge in [0.25, 0.3) is 5.91 Å². The Bertz CT molecular complexity index is 1200. The van der Waals surface area contributed by atoms with Gasteiger partial charge in [-0.1, -0.05) is 12.1 Å². The molecule has 2 aromatic heterocycles. The number of nitrogens with one attached hydrogen (secondary N) is 1. The summed E-state index contributed by atoms with van der Waals surface area (Å²) in [5.41, 5.74) is 9.66. The number of hydrogen-bond acceptors (Lipinski definition) is 4. The van der Waals surface area contributed by atoms with Gasteiger partial charge in [0, 0.05) is 23.3 Å². The molecule has 0 radical (unpaired) electrons. The molecule has 2 aromatic carbocycles. The van der Waals surface area contributed by atoms with Crippen LogP contribution in [0.5, 0.6) is 0 Å². The Labute approximate surface area is 175 Å². The molecular weight excluding hydrogens is 406 g/mol. The first-order valence-corrected chi connectivity index (χ1v) is 10.0. The molecule has 0 aliphatic rings. The van der Waals surface area contributed by atoms with Crippen molar-refractivity contribution in [2.45, 2.75) is 13.5 Å². The summed E-state index contributed by atoms with van der Waals surface area (Å²) in [5, 5.41) is 5.64. The van der Waals surface area contributed by atoms with Crippen LogP contribution >= 0.6 is 11.3 Å². The topological polar surface area (TPSA) is 72.9 Å². The summed E-state index contributed by atoms with van der Waals surface area (Å²) in [6.45, 7) is 2.25. The van der Waals surface area contributed by atoms with Crippen molar-refractivity contribution in [1.82, 2.24) is 9.55 Å². The van der Waals surface area contributed by atoms with Crippen molar-refractivity contribution in [2.24, 2.45) is 5.73 Å². The van der Waals surface area contributed by atoms with Gasteiger partial charge in [-0.25, -0.2) is 13.8 Å². The van der Waals surface area contributed by atoms with Gasteiger partial charge in [-0.2, -0.15) is 0 Å². The fourth-order valence-corrected chi connectivity index (χ4v) is 3.91. The molecule has 3 N–H and O–H groups in total. The van der Waals surface area contributed by atoms with Crippen molar-refractivity contribution >= 4 is 28.1 Å². The number of aromatic nitrogens is 2. The first-order chi connectivity index (χ1) is 14.4. The molecule has 0 fully saturated rings. The van der Waals surface area contributed by atoms with E-state index >= 15 is 0 Å². The lowest BCUT2D eigenvalue weighted by Crippen LogP contribution is -2.12. The van der Waals surface area contributed by atoms with Crippen molar-refractivity contribution < 1.29 is 13.6 Å². The van der Waals surface area contributed by atoms with Crippen molar-refractivity contribution in [3.8, 4) is 11.4 Å². The molecule has 0 spiro atoms. The number of hydrogen-bond donors (Lipinski definition) is 2. The van der Waals surface area contributed by atoms with Gasteiger partial charge < -0.3 is 15.6 Å². The second-order valence-corrected chi connectivity index (χ2v) is 7.63. The predicted molar refractivity (Wildman–Crippen MR) is 114 cm³/mol. The zero-order valence-corrected chi connectivity index (χ0v) is 16.8. The number of primary amides is 1. The Morgan fingerprint density at radius 3 is 2.37 bits per heavy atom. The lowest BCUT2D eigenvalue weighted by Gasteiger charge is -2.11. The molecule has 152 valence electrons. The number of benzene rings is 2. The highest BCUT2D eigenvalue weighted by Crippen LogP contribution is 2.31. The molecule has 4 rings (SSSR count). The molecule has 8 heteroatoms. The Kier molecular flexibility index (Phi) is 5.33. The third kappa shape index (κ3) is 4.08. The van der Waals surface area contributed by atoms with E-state index in [-0.39, 0.29) is 11.6 Å². The number of carbonyl (C=O) groups excluding carboxylic acids is 1. The van der Waals surface area contributed by atoms with Gasteiger partial charge in [0.2, 0.25) is 0 Å². The molecule has 2 heterocycles. The zero-order chi connectivity index (χ0) is 21.3. The molecule has 1 amide bonds. The normalized spacial score (nSPS) is 10.9. The minimum atomic E-state index is -0.522. The highest BCUT2D eigenvalue weighted by atomic mass is 32.1. The highest BCUT2D eigenvalue weighted by molar-refractivity contribution is 7.14. The van der Waals surface area contributed by atoms with Crippen LogP contribution in [0.2, 0.25) is 0 Å². The van der Waals surface area contributed by atoms with Gasteiger partial charge in [0.15, 0.2) is 5.13 Å². The molecule has 0 aliphatic heterocycles. The van der Waals surface area contributed by atoms with Crippen LogP contribution in [0.3, 0.4) is 0 Å². The monoisotopic (exact) mass is 424 g/mol. The van der Waals surface area contributed by atoms with Gasteiger partial charge >= 0.3 is 0 Å². The maximum atomic E-state index is 13.3. The molecule has 0 saturated carbocycles. The summed E-state index contributed by atoms with van der Waals surface area (Å²) in [5.74, 6) is -1.14. The van der Waals surface area contributed by atoms with E-state index in [1.54, 1.807) is 30.3 Å². The van der Waals surface area contributed by atoms with Crippen LogP contribution in [0.15, 0.2) is 60.0 Å². The lowest BCUT2D eigenvalue weighted by molar-refractivity contribution is 0.0999. The standard InChI is InChI=1S/C22H18F2N4OS/c1-13-18(21(25)29)10-20(28(13)11-14-2-4-15(23)5-3-14)19-12-30-22(27-19)26-17-8-6-16(24)7-9-17/h2-10,12H,11H2,1H3,(H2,25,29)(H,26,27). The zero-order valence-electron chi connectivity index (χ0n) is 16.0. The number of nitrogens with two attached hydrogens (primary N) is 1. The van der Waals surface area contributed by atoms with Crippen LogP contribution < -0.4 is 11.1 Å². The Hall–Kier alpha value is -3.52. The summed E-state index contributed by atoms with van der Waals surface area (Å²) in [4.78, 5) is 16.5. The van der Waals surface area contributed by atoms with E-state index in [1.165, 1.54) is 35.6 Å². The Morgan fingerprint density at radius 2 is 1.73 bits per heavy atom. The maximum Gasteiger partial charge on any atom is 0.250 e. The average molecular weight is 424 g/mol. The minimum Gasteiger partial charge on any atom is -0.366 e. The molecule has 0 unspecified atom stereocenters. The van der Waals surface area contributed by atoms with E-state index in [0.717, 1.165) is 11.3 Å². The van der Waals surface area contributed by atoms with Crippen LogP contribution in [0.1, 0.15) is 21.6 Å². The Balaban J connectivity index is 1.68. The minimum absolute atomic E-state index is 0.308. The third-order valence-corrected chi connectivity index (χ3v) is 5.51. The first-order valence-electron chi connectivity index (χ1n) is 9.13. The van der Waals surface area contributed by atoms with Crippen LogP contribution in [0, 0.1) is 18.6 Å². The number of anilines is 2. The van der Waals surface area contributed by atoms with Gasteiger partial charge in [-0.15, -0.1) is 11.3 Å². The van der Waals surface area contributed by atoms with Crippen LogP contribution in [0.4, 0.5) is 19.6 Å². The summed E-state index contributed by atoms with van der Waals surface area (Å²) in [7, 11) is 0. The fraction of sp³-hybridized carbons (Fsp3) is 0.0909. The van der Waals surface area contributed by atoms with Crippen molar-refractivity contribution in [3.05, 3.63) is 88.4 Å². The molecule has 5 nitrogen and oxygen atoms in total. The van der Waals surface area contributed by atoms with Crippen molar-refractivity contribution in [3.63, 3.8) is 0 Å². The maximum absolute atomic E-state index is 13.3. The van der Waals surface area contributed by atoms with E-state index in [9.17, 15) is 13.6 Å². The molecule has 0 bridgehead atoms. The van der Waals surface area contributed by atoms with Crippen molar-refractivity contribution in [1.29, 1.82) is 0 Å². The van der Waals surface area contributed by atoms with E-state index < -0.39 is 5.91 Å². The molecule has 30 heavy (non-hydrogen) atoms. The van der Waals surface area contributed by atoms with Crippen LogP contribution in [-0.4, -0.2) is 15.5 Å². The van der Waals surface area contributed by atoms with E-state index in [1.807, 2.05) is 16.9 Å². The number of halogens is 2. The van der Waals surface area contributed by atoms with Crippen molar-refractivity contribution in [2.75, 3.05) is 5.32 Å². The number of carbonyl (C=O) groups is 1. The van der Waals surface area contributed by atoms with Gasteiger partial charge in [-0.3, -0.25) is 4.79 Å². The lowest BCUT2D eigenvalue weighted by atomic mass is 10.2. The number of amides is 1. The summed E-state index contributed by atoms with van der Waals surface area (Å²) < 4.78 is 28.3. The van der Waals surface area contributed by atoms with E-state index in [2.05, 4.69) is 10.3 Å². The second-order valence-electron chi connectivity index (χ2n) is 6.78. The quantitative estimate of drug-likeness (QED) is 0.453. The molecule has 4 aromatic rings. The molecular formula is C22H18F2N4OS. The van der Waals surface area contributed by atoms with E-state index in [4.69, 9.17) is 5.73 Å². The van der Waals surface area contributed by atoms with Gasteiger partial charge in [0.1, 0.15) is 11.6 Å². The highest BCUT2D eigenvalue weighted by Gasteiger charge is 2.19. The predicted octanol–water partition coefficient (Wildman–Crippen LogP) is 5.09. The summed E-state index contributed by atoms with van der Waals surface area (Å²) in [6, 6.07) is 13.9. The van der Waals surface area contributed by atoms with Crippen LogP contribution in [0.25, 0.3) is 11.4 Å². The third-order valence-electron chi connectivity index (χ3n) is 4.75. The molecule has 0 saturated heterocycles. The van der Waals surface area contributed by atoms with Gasteiger partial charge in [-0.05, 0) is 55.0 Å². The second kappa shape index (κ2) is 8.08. The number of thiazole rings is 1. The van der Waals surface area contributed by atoms with Gasteiger partial charge in [0.05, 0.1) is 17.0 Å². The first kappa shape index (κ1) is 19.8. The number of rotatable bonds is 6. The molecule has 0 atom stereocenters. The average Bonchev–Trinajstić information content (AvgIpc) is 3.30. The fourth-order valence-electron chi connectivity index (χ4n) is 3.19.